The summed E-state index contributed by atoms with van der Waals surface area (Å²) in [5.41, 5.74) is 0. The zero-order valence-corrected chi connectivity index (χ0v) is 15.1. The van der Waals surface area contributed by atoms with Crippen molar-refractivity contribution in [1.82, 2.24) is 4.90 Å². The van der Waals surface area contributed by atoms with E-state index in [0.717, 1.165) is 17.4 Å². The Morgan fingerprint density at radius 2 is 1.85 bits per heavy atom. The van der Waals surface area contributed by atoms with E-state index >= 15 is 0 Å². The molecule has 0 unspecified atom stereocenters. The summed E-state index contributed by atoms with van der Waals surface area (Å²) in [6, 6.07) is 2.09. The summed E-state index contributed by atoms with van der Waals surface area (Å²) >= 11 is 5.14. The molecule has 1 rings (SSSR count). The number of thiophene rings is 1. The summed E-state index contributed by atoms with van der Waals surface area (Å²) in [4.78, 5) is 15.1. The molecule has 1 aromatic heterocycles. The number of amides is 1. The average Bonchev–Trinajstić information content (AvgIpc) is 2.82. The van der Waals surface area contributed by atoms with Crippen LogP contribution in [-0.4, -0.2) is 17.9 Å². The lowest BCUT2D eigenvalue weighted by molar-refractivity contribution is -0.130. The highest BCUT2D eigenvalue weighted by molar-refractivity contribution is 9.10. The molecular formula is C16H26BrNOS. The molecule has 0 aliphatic heterocycles. The van der Waals surface area contributed by atoms with Crippen LogP contribution in [0.2, 0.25) is 0 Å². The molecule has 2 nitrogen and oxygen atoms in total. The second kappa shape index (κ2) is 10.4. The van der Waals surface area contributed by atoms with Gasteiger partial charge in [-0.25, -0.2) is 0 Å². The van der Waals surface area contributed by atoms with E-state index < -0.39 is 0 Å². The Morgan fingerprint density at radius 3 is 2.45 bits per heavy atom. The van der Waals surface area contributed by atoms with Gasteiger partial charge in [0.25, 0.3) is 0 Å². The van der Waals surface area contributed by atoms with Crippen LogP contribution in [0.4, 0.5) is 0 Å². The molecule has 20 heavy (non-hydrogen) atoms. The van der Waals surface area contributed by atoms with Crippen molar-refractivity contribution in [3.05, 3.63) is 20.8 Å². The quantitative estimate of drug-likeness (QED) is 0.497. The summed E-state index contributed by atoms with van der Waals surface area (Å²) < 4.78 is 1.10. The molecular weight excluding hydrogens is 334 g/mol. The fourth-order valence-electron chi connectivity index (χ4n) is 2.18. The summed E-state index contributed by atoms with van der Waals surface area (Å²) in [6.45, 7) is 2.96. The van der Waals surface area contributed by atoms with Crippen molar-refractivity contribution >= 4 is 33.2 Å². The van der Waals surface area contributed by atoms with E-state index in [1.54, 1.807) is 11.3 Å². The Hall–Kier alpha value is -0.350. The van der Waals surface area contributed by atoms with Gasteiger partial charge < -0.3 is 4.90 Å². The van der Waals surface area contributed by atoms with E-state index in [0.29, 0.717) is 6.42 Å². The van der Waals surface area contributed by atoms with Crippen molar-refractivity contribution in [3.63, 3.8) is 0 Å². The maximum atomic E-state index is 12.0. The molecule has 0 spiro atoms. The number of carbonyl (C=O) groups is 1. The smallest absolute Gasteiger partial charge is 0.222 e. The summed E-state index contributed by atoms with van der Waals surface area (Å²) in [7, 11) is 1.90. The minimum absolute atomic E-state index is 0.267. The Bertz CT molecular complexity index is 392. The molecule has 0 N–H and O–H groups in total. The number of hydrogen-bond donors (Lipinski definition) is 0. The zero-order chi connectivity index (χ0) is 14.8. The largest absolute Gasteiger partial charge is 0.341 e. The van der Waals surface area contributed by atoms with Crippen molar-refractivity contribution in [3.8, 4) is 0 Å². The maximum Gasteiger partial charge on any atom is 0.222 e. The van der Waals surface area contributed by atoms with E-state index in [-0.39, 0.29) is 5.91 Å². The molecule has 1 amide bonds. The monoisotopic (exact) mass is 359 g/mol. The van der Waals surface area contributed by atoms with Crippen LogP contribution in [-0.2, 0) is 11.3 Å². The van der Waals surface area contributed by atoms with Crippen LogP contribution in [0.3, 0.4) is 0 Å². The van der Waals surface area contributed by atoms with Crippen LogP contribution in [0.5, 0.6) is 0 Å². The molecule has 0 bridgehead atoms. The standard InChI is InChI=1S/C16H26BrNOS/c1-3-4-5-6-7-8-9-10-16(19)18(2)12-15-11-14(17)13-20-15/h11,13H,3-10,12H2,1-2H3. The van der Waals surface area contributed by atoms with Crippen LogP contribution in [0.1, 0.15) is 63.2 Å². The molecule has 0 aliphatic rings. The van der Waals surface area contributed by atoms with Crippen molar-refractivity contribution in [2.24, 2.45) is 0 Å². The Labute approximate surface area is 135 Å². The van der Waals surface area contributed by atoms with E-state index in [9.17, 15) is 4.79 Å². The number of hydrogen-bond acceptors (Lipinski definition) is 2. The van der Waals surface area contributed by atoms with Crippen LogP contribution >= 0.6 is 27.3 Å². The van der Waals surface area contributed by atoms with Gasteiger partial charge in [-0.2, -0.15) is 0 Å². The fraction of sp³-hybridized carbons (Fsp3) is 0.688. The minimum Gasteiger partial charge on any atom is -0.341 e. The second-order valence-corrected chi connectivity index (χ2v) is 7.26. The summed E-state index contributed by atoms with van der Waals surface area (Å²) in [5, 5.41) is 2.06. The Balaban J connectivity index is 2.09. The van der Waals surface area contributed by atoms with Gasteiger partial charge in [0.1, 0.15) is 0 Å². The van der Waals surface area contributed by atoms with E-state index in [1.165, 1.54) is 43.4 Å². The maximum absolute atomic E-state index is 12.0. The lowest BCUT2D eigenvalue weighted by Crippen LogP contribution is -2.25. The highest BCUT2D eigenvalue weighted by Gasteiger charge is 2.09. The molecule has 0 fully saturated rings. The molecule has 0 aromatic carbocycles. The first-order chi connectivity index (χ1) is 9.63. The van der Waals surface area contributed by atoms with Crippen molar-refractivity contribution in [2.75, 3.05) is 7.05 Å². The van der Waals surface area contributed by atoms with Crippen molar-refractivity contribution < 1.29 is 4.79 Å². The van der Waals surface area contributed by atoms with Gasteiger partial charge >= 0.3 is 0 Å². The van der Waals surface area contributed by atoms with Gasteiger partial charge in [0.15, 0.2) is 0 Å². The first kappa shape index (κ1) is 17.7. The lowest BCUT2D eigenvalue weighted by atomic mass is 10.1. The third-order valence-electron chi connectivity index (χ3n) is 3.43. The van der Waals surface area contributed by atoms with Crippen LogP contribution < -0.4 is 0 Å². The molecule has 0 atom stereocenters. The number of unbranched alkanes of at least 4 members (excludes halogenated alkanes) is 6. The molecule has 114 valence electrons. The molecule has 0 radical (unpaired) electrons. The second-order valence-electron chi connectivity index (χ2n) is 5.35. The van der Waals surface area contributed by atoms with Gasteiger partial charge in [0.05, 0.1) is 6.54 Å². The fourth-order valence-corrected chi connectivity index (χ4v) is 3.69. The molecule has 1 aromatic rings. The normalized spacial score (nSPS) is 10.8. The molecule has 0 saturated heterocycles. The van der Waals surface area contributed by atoms with E-state index in [2.05, 4.69) is 34.3 Å². The van der Waals surface area contributed by atoms with Gasteiger partial charge in [-0.1, -0.05) is 45.4 Å². The van der Waals surface area contributed by atoms with Gasteiger partial charge in [-0.05, 0) is 28.4 Å². The minimum atomic E-state index is 0.267. The predicted molar refractivity (Wildman–Crippen MR) is 91.1 cm³/mol. The van der Waals surface area contributed by atoms with Gasteiger partial charge in [-0.15, -0.1) is 11.3 Å². The number of rotatable bonds is 10. The highest BCUT2D eigenvalue weighted by atomic mass is 79.9. The van der Waals surface area contributed by atoms with Crippen LogP contribution in [0.15, 0.2) is 15.9 Å². The molecule has 0 aliphatic carbocycles. The predicted octanol–water partition coefficient (Wildman–Crippen LogP) is 5.61. The summed E-state index contributed by atoms with van der Waals surface area (Å²) in [6.07, 6.45) is 9.49. The number of nitrogens with zero attached hydrogens (tertiary/aromatic N) is 1. The third kappa shape index (κ3) is 7.44. The van der Waals surface area contributed by atoms with Crippen molar-refractivity contribution in [1.29, 1.82) is 0 Å². The molecule has 1 heterocycles. The molecule has 0 saturated carbocycles. The average molecular weight is 360 g/mol. The van der Waals surface area contributed by atoms with Gasteiger partial charge in [-0.3, -0.25) is 4.79 Å². The number of halogens is 1. The van der Waals surface area contributed by atoms with Crippen LogP contribution in [0.25, 0.3) is 0 Å². The van der Waals surface area contributed by atoms with Gasteiger partial charge in [0.2, 0.25) is 5.91 Å². The Kier molecular flexibility index (Phi) is 9.19. The number of carbonyl (C=O) groups excluding carboxylic acids is 1. The molecule has 4 heteroatoms. The zero-order valence-electron chi connectivity index (χ0n) is 12.7. The highest BCUT2D eigenvalue weighted by Crippen LogP contribution is 2.21. The lowest BCUT2D eigenvalue weighted by Gasteiger charge is -2.16. The summed E-state index contributed by atoms with van der Waals surface area (Å²) in [5.74, 6) is 0.267. The Morgan fingerprint density at radius 1 is 1.20 bits per heavy atom. The van der Waals surface area contributed by atoms with Crippen molar-refractivity contribution in [2.45, 2.75) is 64.8 Å². The SMILES string of the molecule is CCCCCCCCCC(=O)N(C)Cc1cc(Br)cs1. The topological polar surface area (TPSA) is 20.3 Å². The van der Waals surface area contributed by atoms with Crippen LogP contribution in [0, 0.1) is 0 Å². The van der Waals surface area contributed by atoms with E-state index in [4.69, 9.17) is 0 Å². The third-order valence-corrected chi connectivity index (χ3v) is 5.12. The van der Waals surface area contributed by atoms with Gasteiger partial charge in [0, 0.05) is 28.2 Å². The van der Waals surface area contributed by atoms with E-state index in [1.807, 2.05) is 11.9 Å². The first-order valence-electron chi connectivity index (χ1n) is 7.60. The first-order valence-corrected chi connectivity index (χ1v) is 9.27.